The second-order valence-corrected chi connectivity index (χ2v) is 8.04. The Balaban J connectivity index is 1.74. The molecule has 0 atom stereocenters. The van der Waals surface area contributed by atoms with Gasteiger partial charge < -0.3 is 9.47 Å². The van der Waals surface area contributed by atoms with Gasteiger partial charge in [0.2, 0.25) is 0 Å². The minimum absolute atomic E-state index is 0.310. The summed E-state index contributed by atoms with van der Waals surface area (Å²) in [6, 6.07) is 32.1. The zero-order valence-corrected chi connectivity index (χ0v) is 16.5. The van der Waals surface area contributed by atoms with Gasteiger partial charge in [0, 0.05) is 5.56 Å². The van der Waals surface area contributed by atoms with E-state index in [0.717, 1.165) is 38.2 Å². The Bertz CT molecular complexity index is 1480. The molecule has 7 rings (SSSR count). The van der Waals surface area contributed by atoms with Crippen molar-refractivity contribution in [2.45, 2.75) is 5.60 Å². The maximum Gasteiger partial charge on any atom is 0.340 e. The van der Waals surface area contributed by atoms with Crippen molar-refractivity contribution < 1.29 is 14.3 Å². The van der Waals surface area contributed by atoms with Crippen LogP contribution in [0.5, 0.6) is 11.5 Å². The first-order chi connectivity index (χ1) is 15.3. The second kappa shape index (κ2) is 5.73. The molecule has 5 aromatic carbocycles. The molecule has 3 heteroatoms. The highest BCUT2D eigenvalue weighted by Gasteiger charge is 2.54. The molecule has 0 N–H and O–H groups in total. The molecule has 0 aromatic heterocycles. The van der Waals surface area contributed by atoms with E-state index in [0.29, 0.717) is 17.1 Å². The maximum absolute atomic E-state index is 13.2. The monoisotopic (exact) mass is 400 g/mol. The molecule has 0 fully saturated rings. The van der Waals surface area contributed by atoms with Gasteiger partial charge in [-0.25, -0.2) is 4.79 Å². The van der Waals surface area contributed by atoms with Gasteiger partial charge >= 0.3 is 5.97 Å². The number of esters is 1. The quantitative estimate of drug-likeness (QED) is 0.276. The van der Waals surface area contributed by atoms with Crippen LogP contribution < -0.4 is 4.74 Å². The van der Waals surface area contributed by atoms with Crippen LogP contribution in [0.25, 0.3) is 21.5 Å². The van der Waals surface area contributed by atoms with Crippen LogP contribution in [0.4, 0.5) is 0 Å². The van der Waals surface area contributed by atoms with E-state index < -0.39 is 5.60 Å². The van der Waals surface area contributed by atoms with E-state index >= 15 is 0 Å². The minimum atomic E-state index is -1.07. The lowest BCUT2D eigenvalue weighted by Crippen LogP contribution is -2.33. The molecule has 3 nitrogen and oxygen atoms in total. The van der Waals surface area contributed by atoms with Crippen LogP contribution in [0.2, 0.25) is 0 Å². The first-order valence-electron chi connectivity index (χ1n) is 10.3. The summed E-state index contributed by atoms with van der Waals surface area (Å²) in [5, 5.41) is 4.19. The molecule has 146 valence electrons. The average molecular weight is 400 g/mol. The van der Waals surface area contributed by atoms with E-state index in [9.17, 15) is 4.79 Å². The fraction of sp³-hybridized carbons (Fsp3) is 0.0357. The van der Waals surface area contributed by atoms with Crippen LogP contribution in [0, 0.1) is 0 Å². The van der Waals surface area contributed by atoms with Gasteiger partial charge in [-0.2, -0.15) is 0 Å². The van der Waals surface area contributed by atoms with Crippen molar-refractivity contribution in [1.29, 1.82) is 0 Å². The third kappa shape index (κ3) is 2.00. The molecule has 31 heavy (non-hydrogen) atoms. The summed E-state index contributed by atoms with van der Waals surface area (Å²) < 4.78 is 12.8. The van der Waals surface area contributed by atoms with Gasteiger partial charge in [-0.3, -0.25) is 0 Å². The minimum Gasteiger partial charge on any atom is -0.456 e. The third-order valence-electron chi connectivity index (χ3n) is 6.48. The molecule has 1 spiro atoms. The van der Waals surface area contributed by atoms with Crippen LogP contribution >= 0.6 is 0 Å². The van der Waals surface area contributed by atoms with Crippen LogP contribution in [-0.2, 0) is 10.3 Å². The summed E-state index contributed by atoms with van der Waals surface area (Å²) in [6.07, 6.45) is 0. The molecule has 0 saturated heterocycles. The Morgan fingerprint density at radius 2 is 1.13 bits per heavy atom. The molecule has 0 bridgehead atoms. The van der Waals surface area contributed by atoms with Crippen LogP contribution in [0.15, 0.2) is 97.1 Å². The van der Waals surface area contributed by atoms with Crippen molar-refractivity contribution >= 4 is 27.5 Å². The molecule has 0 aliphatic carbocycles. The van der Waals surface area contributed by atoms with Crippen molar-refractivity contribution in [3.05, 3.63) is 119 Å². The van der Waals surface area contributed by atoms with Crippen LogP contribution in [0.3, 0.4) is 0 Å². The van der Waals surface area contributed by atoms with Gasteiger partial charge in [0.25, 0.3) is 0 Å². The molecule has 2 aliphatic rings. The zero-order valence-electron chi connectivity index (χ0n) is 16.5. The average Bonchev–Trinajstić information content (AvgIpc) is 3.11. The lowest BCUT2D eigenvalue weighted by Gasteiger charge is -2.38. The molecule has 0 saturated carbocycles. The van der Waals surface area contributed by atoms with Crippen molar-refractivity contribution in [2.24, 2.45) is 0 Å². The smallest absolute Gasteiger partial charge is 0.340 e. The highest BCUT2D eigenvalue weighted by Crippen LogP contribution is 2.59. The number of rotatable bonds is 0. The predicted molar refractivity (Wildman–Crippen MR) is 120 cm³/mol. The Labute approximate surface area is 178 Å². The molecule has 2 aliphatic heterocycles. The highest BCUT2D eigenvalue weighted by molar-refractivity contribution is 6.02. The van der Waals surface area contributed by atoms with Gasteiger partial charge in [-0.05, 0) is 39.7 Å². The topological polar surface area (TPSA) is 35.5 Å². The number of hydrogen-bond acceptors (Lipinski definition) is 3. The van der Waals surface area contributed by atoms with Crippen molar-refractivity contribution in [3.63, 3.8) is 0 Å². The predicted octanol–water partition coefficient (Wildman–Crippen LogP) is 6.56. The van der Waals surface area contributed by atoms with Gasteiger partial charge in [0.1, 0.15) is 11.5 Å². The Hall–Kier alpha value is -4.11. The Kier molecular flexibility index (Phi) is 3.08. The van der Waals surface area contributed by atoms with Gasteiger partial charge in [0.15, 0.2) is 5.60 Å². The van der Waals surface area contributed by atoms with E-state index in [1.165, 1.54) is 0 Å². The molecule has 0 radical (unpaired) electrons. The SMILES string of the molecule is O=C1OC2(c3ccccc31)c1c(ccc3ccccc13)Oc1ccc3ccccc3c12. The first kappa shape index (κ1) is 16.7. The van der Waals surface area contributed by atoms with E-state index in [4.69, 9.17) is 9.47 Å². The lowest BCUT2D eigenvalue weighted by molar-refractivity contribution is 0.0234. The fourth-order valence-electron chi connectivity index (χ4n) is 5.23. The number of ether oxygens (including phenoxy) is 2. The normalized spacial score (nSPS) is 15.3. The standard InChI is InChI=1S/C28H16O3/c29-27-21-11-5-6-12-22(21)28(31-27)25-19-9-3-1-7-17(19)13-15-23(25)30-24-16-14-18-8-2-4-10-20(18)26(24)28/h1-16H. The van der Waals surface area contributed by atoms with Crippen molar-refractivity contribution in [1.82, 2.24) is 0 Å². The summed E-state index contributed by atoms with van der Waals surface area (Å²) in [4.78, 5) is 13.2. The van der Waals surface area contributed by atoms with Crippen molar-refractivity contribution in [3.8, 4) is 11.5 Å². The fourth-order valence-corrected chi connectivity index (χ4v) is 5.23. The highest BCUT2D eigenvalue weighted by atomic mass is 16.6. The summed E-state index contributed by atoms with van der Waals surface area (Å²) in [5.74, 6) is 1.12. The number of hydrogen-bond donors (Lipinski definition) is 0. The molecule has 0 amide bonds. The Morgan fingerprint density at radius 1 is 0.581 bits per heavy atom. The van der Waals surface area contributed by atoms with Crippen LogP contribution in [-0.4, -0.2) is 5.97 Å². The zero-order chi connectivity index (χ0) is 20.6. The summed E-state index contributed by atoms with van der Waals surface area (Å²) in [7, 11) is 0. The lowest BCUT2D eigenvalue weighted by atomic mass is 9.74. The largest absolute Gasteiger partial charge is 0.456 e. The van der Waals surface area contributed by atoms with E-state index in [1.807, 2.05) is 60.7 Å². The van der Waals surface area contributed by atoms with Crippen LogP contribution in [0.1, 0.15) is 27.0 Å². The first-order valence-corrected chi connectivity index (χ1v) is 10.3. The molecule has 0 unspecified atom stereocenters. The molecule has 5 aromatic rings. The number of fused-ring (bicyclic) bond motifs is 10. The number of carbonyl (C=O) groups is 1. The Morgan fingerprint density at radius 3 is 1.77 bits per heavy atom. The third-order valence-corrected chi connectivity index (χ3v) is 6.48. The van der Waals surface area contributed by atoms with Gasteiger partial charge in [-0.15, -0.1) is 0 Å². The van der Waals surface area contributed by atoms with E-state index in [2.05, 4.69) is 36.4 Å². The maximum atomic E-state index is 13.2. The van der Waals surface area contributed by atoms with Gasteiger partial charge in [-0.1, -0.05) is 78.9 Å². The summed E-state index contributed by atoms with van der Waals surface area (Å²) in [5.41, 5.74) is 2.15. The van der Waals surface area contributed by atoms with E-state index in [-0.39, 0.29) is 5.97 Å². The second-order valence-electron chi connectivity index (χ2n) is 8.04. The number of carbonyl (C=O) groups excluding carboxylic acids is 1. The van der Waals surface area contributed by atoms with E-state index in [1.54, 1.807) is 0 Å². The van der Waals surface area contributed by atoms with Crippen molar-refractivity contribution in [2.75, 3.05) is 0 Å². The summed E-state index contributed by atoms with van der Waals surface area (Å²) in [6.45, 7) is 0. The van der Waals surface area contributed by atoms with Gasteiger partial charge in [0.05, 0.1) is 16.7 Å². The number of benzene rings is 5. The molecular formula is C28H16O3. The summed E-state index contributed by atoms with van der Waals surface area (Å²) >= 11 is 0. The molecular weight excluding hydrogens is 384 g/mol. The molecule has 2 heterocycles.